The second kappa shape index (κ2) is 6.71. The Bertz CT molecular complexity index is 199. The molecule has 0 bridgehead atoms. The lowest BCUT2D eigenvalue weighted by Gasteiger charge is -2.31. The molecule has 2 unspecified atom stereocenters. The predicted octanol–water partition coefficient (Wildman–Crippen LogP) is 2.35. The third-order valence-corrected chi connectivity index (χ3v) is 3.72. The van der Waals surface area contributed by atoms with Crippen LogP contribution in [0.1, 0.15) is 25.7 Å². The Morgan fingerprint density at radius 2 is 1.94 bits per heavy atom. The normalized spacial score (nSPS) is 27.0. The quantitative estimate of drug-likeness (QED) is 0.742. The molecule has 1 rings (SSSR count). The molecule has 1 aliphatic carbocycles. The number of alkyl halides is 3. The van der Waals surface area contributed by atoms with Gasteiger partial charge < -0.3 is 11.1 Å². The summed E-state index contributed by atoms with van der Waals surface area (Å²) in [6.45, 7) is 1.04. The molecule has 0 spiro atoms. The number of thioether (sulfide) groups is 1. The van der Waals surface area contributed by atoms with Crippen LogP contribution in [-0.4, -0.2) is 30.4 Å². The minimum Gasteiger partial charge on any atom is -0.330 e. The van der Waals surface area contributed by atoms with Gasteiger partial charge in [0.25, 0.3) is 0 Å². The van der Waals surface area contributed by atoms with Gasteiger partial charge in [-0.3, -0.25) is 0 Å². The molecule has 1 fully saturated rings. The van der Waals surface area contributed by atoms with Crippen LogP contribution in [-0.2, 0) is 0 Å². The van der Waals surface area contributed by atoms with Crippen molar-refractivity contribution in [3.63, 3.8) is 0 Å². The summed E-state index contributed by atoms with van der Waals surface area (Å²) in [5, 5.41) is 3.19. The van der Waals surface area contributed by atoms with Crippen LogP contribution >= 0.6 is 11.8 Å². The van der Waals surface area contributed by atoms with Crippen LogP contribution < -0.4 is 11.1 Å². The Labute approximate surface area is 98.5 Å². The Kier molecular flexibility index (Phi) is 5.92. The Morgan fingerprint density at radius 3 is 2.56 bits per heavy atom. The van der Waals surface area contributed by atoms with Gasteiger partial charge in [0.05, 0.1) is 0 Å². The zero-order valence-corrected chi connectivity index (χ0v) is 10.0. The first-order valence-electron chi connectivity index (χ1n) is 5.67. The van der Waals surface area contributed by atoms with Crippen molar-refractivity contribution in [2.24, 2.45) is 11.7 Å². The number of hydrogen-bond acceptors (Lipinski definition) is 3. The molecule has 0 amide bonds. The third-order valence-electron chi connectivity index (χ3n) is 2.99. The standard InChI is InChI=1S/C10H19F3N2S/c11-10(12,13)16-6-5-15-9-4-2-1-3-8(9)7-14/h8-9,15H,1-7,14H2. The van der Waals surface area contributed by atoms with Crippen molar-refractivity contribution in [3.05, 3.63) is 0 Å². The van der Waals surface area contributed by atoms with Crippen molar-refractivity contribution in [1.29, 1.82) is 0 Å². The molecule has 3 N–H and O–H groups in total. The van der Waals surface area contributed by atoms with E-state index in [1.165, 1.54) is 6.42 Å². The van der Waals surface area contributed by atoms with Gasteiger partial charge in [-0.05, 0) is 37.1 Å². The van der Waals surface area contributed by atoms with Gasteiger partial charge >= 0.3 is 5.51 Å². The molecule has 0 radical (unpaired) electrons. The molecular weight excluding hydrogens is 237 g/mol. The van der Waals surface area contributed by atoms with Gasteiger partial charge in [0.1, 0.15) is 0 Å². The van der Waals surface area contributed by atoms with E-state index < -0.39 is 5.51 Å². The summed E-state index contributed by atoms with van der Waals surface area (Å²) in [5.41, 5.74) is 1.53. The second-order valence-corrected chi connectivity index (χ2v) is 5.29. The molecule has 16 heavy (non-hydrogen) atoms. The third kappa shape index (κ3) is 5.41. The van der Waals surface area contributed by atoms with Crippen LogP contribution in [0.4, 0.5) is 13.2 Å². The van der Waals surface area contributed by atoms with Crippen molar-refractivity contribution in [3.8, 4) is 0 Å². The highest BCUT2D eigenvalue weighted by Gasteiger charge is 2.28. The zero-order chi connectivity index (χ0) is 12.0. The van der Waals surface area contributed by atoms with Crippen LogP contribution in [0.2, 0.25) is 0 Å². The van der Waals surface area contributed by atoms with Gasteiger partial charge in [-0.1, -0.05) is 12.8 Å². The van der Waals surface area contributed by atoms with E-state index in [1.54, 1.807) is 0 Å². The van der Waals surface area contributed by atoms with E-state index in [-0.39, 0.29) is 17.5 Å². The van der Waals surface area contributed by atoms with E-state index in [4.69, 9.17) is 5.73 Å². The molecule has 6 heteroatoms. The summed E-state index contributed by atoms with van der Waals surface area (Å²) in [5.74, 6) is 0.515. The van der Waals surface area contributed by atoms with E-state index in [9.17, 15) is 13.2 Å². The first-order chi connectivity index (χ1) is 7.53. The van der Waals surface area contributed by atoms with Crippen molar-refractivity contribution >= 4 is 11.8 Å². The van der Waals surface area contributed by atoms with Gasteiger partial charge in [-0.15, -0.1) is 0 Å². The van der Waals surface area contributed by atoms with E-state index in [2.05, 4.69) is 5.32 Å². The smallest absolute Gasteiger partial charge is 0.330 e. The molecule has 1 aliphatic rings. The monoisotopic (exact) mass is 256 g/mol. The fourth-order valence-corrected chi connectivity index (χ4v) is 2.62. The SMILES string of the molecule is NCC1CCCCC1NCCSC(F)(F)F. The lowest BCUT2D eigenvalue weighted by Crippen LogP contribution is -2.42. The number of hydrogen-bond donors (Lipinski definition) is 2. The van der Waals surface area contributed by atoms with Gasteiger partial charge in [0, 0.05) is 18.3 Å². The fraction of sp³-hybridized carbons (Fsp3) is 1.00. The molecule has 0 aromatic heterocycles. The first-order valence-corrected chi connectivity index (χ1v) is 6.65. The summed E-state index contributed by atoms with van der Waals surface area (Å²) in [6.07, 6.45) is 4.48. The largest absolute Gasteiger partial charge is 0.441 e. The average Bonchev–Trinajstić information content (AvgIpc) is 2.23. The molecule has 0 aromatic carbocycles. The molecule has 0 saturated heterocycles. The van der Waals surface area contributed by atoms with Crippen molar-refractivity contribution < 1.29 is 13.2 Å². The maximum Gasteiger partial charge on any atom is 0.441 e. The summed E-state index contributed by atoms with van der Waals surface area (Å²) in [7, 11) is 0. The number of halogens is 3. The summed E-state index contributed by atoms with van der Waals surface area (Å²) >= 11 is 0.0372. The molecule has 0 aromatic rings. The van der Waals surface area contributed by atoms with Gasteiger partial charge in [-0.2, -0.15) is 13.2 Å². The second-order valence-electron chi connectivity index (χ2n) is 4.14. The predicted molar refractivity (Wildman–Crippen MR) is 61.3 cm³/mol. The van der Waals surface area contributed by atoms with Gasteiger partial charge in [0.2, 0.25) is 0 Å². The maximum atomic E-state index is 11.9. The minimum atomic E-state index is -4.11. The van der Waals surface area contributed by atoms with E-state index in [0.717, 1.165) is 19.3 Å². The molecule has 0 heterocycles. The highest BCUT2D eigenvalue weighted by atomic mass is 32.2. The fourth-order valence-electron chi connectivity index (χ4n) is 2.17. The van der Waals surface area contributed by atoms with Crippen LogP contribution in [0.3, 0.4) is 0 Å². The van der Waals surface area contributed by atoms with E-state index >= 15 is 0 Å². The van der Waals surface area contributed by atoms with Crippen molar-refractivity contribution in [1.82, 2.24) is 5.32 Å². The van der Waals surface area contributed by atoms with Crippen LogP contribution in [0.5, 0.6) is 0 Å². The Morgan fingerprint density at radius 1 is 1.25 bits per heavy atom. The summed E-state index contributed by atoms with van der Waals surface area (Å²) in [6, 6.07) is 0.313. The topological polar surface area (TPSA) is 38.0 Å². The molecule has 2 nitrogen and oxygen atoms in total. The van der Waals surface area contributed by atoms with Gasteiger partial charge in [-0.25, -0.2) is 0 Å². The Balaban J connectivity index is 2.15. The van der Waals surface area contributed by atoms with Crippen molar-refractivity contribution in [2.45, 2.75) is 37.2 Å². The highest BCUT2D eigenvalue weighted by molar-refractivity contribution is 8.00. The summed E-state index contributed by atoms with van der Waals surface area (Å²) in [4.78, 5) is 0. The number of nitrogens with two attached hydrogens (primary N) is 1. The molecule has 96 valence electrons. The number of rotatable bonds is 5. The number of nitrogens with one attached hydrogen (secondary N) is 1. The van der Waals surface area contributed by atoms with Crippen LogP contribution in [0.15, 0.2) is 0 Å². The molecular formula is C10H19F3N2S. The average molecular weight is 256 g/mol. The van der Waals surface area contributed by atoms with Crippen LogP contribution in [0, 0.1) is 5.92 Å². The Hall–Kier alpha value is 0.0600. The van der Waals surface area contributed by atoms with Gasteiger partial charge in [0.15, 0.2) is 0 Å². The van der Waals surface area contributed by atoms with Crippen LogP contribution in [0.25, 0.3) is 0 Å². The van der Waals surface area contributed by atoms with E-state index in [0.29, 0.717) is 25.0 Å². The summed E-state index contributed by atoms with van der Waals surface area (Å²) < 4.78 is 35.6. The molecule has 0 aliphatic heterocycles. The lowest BCUT2D eigenvalue weighted by molar-refractivity contribution is -0.0327. The minimum absolute atomic E-state index is 0.0372. The zero-order valence-electron chi connectivity index (χ0n) is 9.22. The maximum absolute atomic E-state index is 11.9. The molecule has 1 saturated carbocycles. The molecule has 2 atom stereocenters. The van der Waals surface area contributed by atoms with E-state index in [1.807, 2.05) is 0 Å². The van der Waals surface area contributed by atoms with Crippen molar-refractivity contribution in [2.75, 3.05) is 18.8 Å². The lowest BCUT2D eigenvalue weighted by atomic mass is 9.84. The highest BCUT2D eigenvalue weighted by Crippen LogP contribution is 2.29. The first kappa shape index (κ1) is 14.1.